The van der Waals surface area contributed by atoms with Crippen LogP contribution in [0.5, 0.6) is 5.75 Å². The lowest BCUT2D eigenvalue weighted by atomic mass is 10.2. The molecular formula is C16H27N3O. The van der Waals surface area contributed by atoms with Gasteiger partial charge in [0.15, 0.2) is 5.96 Å². The third-order valence-electron chi connectivity index (χ3n) is 3.17. The van der Waals surface area contributed by atoms with Crippen molar-refractivity contribution < 1.29 is 4.74 Å². The van der Waals surface area contributed by atoms with Crippen molar-refractivity contribution in [2.24, 2.45) is 4.99 Å². The Bertz CT molecular complexity index is 387. The van der Waals surface area contributed by atoms with Crippen molar-refractivity contribution in [3.05, 3.63) is 29.8 Å². The van der Waals surface area contributed by atoms with Crippen molar-refractivity contribution in [3.8, 4) is 5.75 Å². The molecule has 0 aromatic heterocycles. The van der Waals surface area contributed by atoms with Gasteiger partial charge in [-0.05, 0) is 24.1 Å². The van der Waals surface area contributed by atoms with Gasteiger partial charge in [-0.2, -0.15) is 0 Å². The van der Waals surface area contributed by atoms with E-state index in [1.54, 1.807) is 14.2 Å². The number of unbranched alkanes of at least 4 members (excludes halogenated alkanes) is 3. The standard InChI is InChI=1S/C16H27N3O/c1-4-5-6-7-12-18-16(17-2)19-13-14-8-10-15(20-3)11-9-14/h8-11H,4-7,12-13H2,1-3H3,(H2,17,18,19). The Morgan fingerprint density at radius 1 is 1.10 bits per heavy atom. The minimum absolute atomic E-state index is 0.763. The van der Waals surface area contributed by atoms with Gasteiger partial charge in [-0.25, -0.2) is 0 Å². The summed E-state index contributed by atoms with van der Waals surface area (Å²) in [7, 11) is 3.48. The minimum atomic E-state index is 0.763. The molecule has 0 radical (unpaired) electrons. The molecule has 0 amide bonds. The Morgan fingerprint density at radius 3 is 2.45 bits per heavy atom. The molecule has 0 saturated heterocycles. The molecule has 0 aliphatic carbocycles. The molecule has 0 atom stereocenters. The van der Waals surface area contributed by atoms with Gasteiger partial charge in [-0.3, -0.25) is 4.99 Å². The molecule has 1 aromatic carbocycles. The van der Waals surface area contributed by atoms with E-state index in [-0.39, 0.29) is 0 Å². The molecule has 0 spiro atoms. The van der Waals surface area contributed by atoms with E-state index in [2.05, 4.69) is 34.7 Å². The fourth-order valence-corrected chi connectivity index (χ4v) is 1.91. The first-order chi connectivity index (χ1) is 9.80. The van der Waals surface area contributed by atoms with Crippen molar-refractivity contribution in [2.75, 3.05) is 20.7 Å². The Balaban J connectivity index is 2.26. The van der Waals surface area contributed by atoms with Crippen LogP contribution >= 0.6 is 0 Å². The second-order valence-electron chi connectivity index (χ2n) is 4.76. The molecule has 20 heavy (non-hydrogen) atoms. The number of ether oxygens (including phenoxy) is 1. The summed E-state index contributed by atoms with van der Waals surface area (Å²) in [5.41, 5.74) is 1.21. The Morgan fingerprint density at radius 2 is 1.85 bits per heavy atom. The highest BCUT2D eigenvalue weighted by atomic mass is 16.5. The fraction of sp³-hybridized carbons (Fsp3) is 0.562. The number of rotatable bonds is 8. The molecule has 2 N–H and O–H groups in total. The quantitative estimate of drug-likeness (QED) is 0.436. The average Bonchev–Trinajstić information content (AvgIpc) is 2.50. The topological polar surface area (TPSA) is 45.7 Å². The zero-order chi connectivity index (χ0) is 14.6. The number of nitrogens with one attached hydrogen (secondary N) is 2. The van der Waals surface area contributed by atoms with Crippen LogP contribution < -0.4 is 15.4 Å². The number of nitrogens with zero attached hydrogens (tertiary/aromatic N) is 1. The first kappa shape index (κ1) is 16.3. The highest BCUT2D eigenvalue weighted by molar-refractivity contribution is 5.79. The van der Waals surface area contributed by atoms with Crippen molar-refractivity contribution in [1.29, 1.82) is 0 Å². The number of hydrogen-bond acceptors (Lipinski definition) is 2. The summed E-state index contributed by atoms with van der Waals surface area (Å²) in [5.74, 6) is 1.74. The van der Waals surface area contributed by atoms with Crippen molar-refractivity contribution >= 4 is 5.96 Å². The van der Waals surface area contributed by atoms with Gasteiger partial charge in [0.05, 0.1) is 7.11 Å². The summed E-state index contributed by atoms with van der Waals surface area (Å²) < 4.78 is 5.14. The maximum Gasteiger partial charge on any atom is 0.191 e. The zero-order valence-electron chi connectivity index (χ0n) is 12.9. The van der Waals surface area contributed by atoms with Gasteiger partial charge >= 0.3 is 0 Å². The van der Waals surface area contributed by atoms with E-state index in [4.69, 9.17) is 4.74 Å². The van der Waals surface area contributed by atoms with Crippen molar-refractivity contribution in [3.63, 3.8) is 0 Å². The molecule has 0 heterocycles. The van der Waals surface area contributed by atoms with E-state index in [1.165, 1.54) is 31.2 Å². The van der Waals surface area contributed by atoms with Gasteiger partial charge in [0.2, 0.25) is 0 Å². The second-order valence-corrected chi connectivity index (χ2v) is 4.76. The Hall–Kier alpha value is -1.71. The molecule has 4 heteroatoms. The molecule has 1 aromatic rings. The minimum Gasteiger partial charge on any atom is -0.497 e. The van der Waals surface area contributed by atoms with Crippen LogP contribution in [-0.2, 0) is 6.54 Å². The average molecular weight is 277 g/mol. The predicted molar refractivity (Wildman–Crippen MR) is 85.3 cm³/mol. The smallest absolute Gasteiger partial charge is 0.191 e. The van der Waals surface area contributed by atoms with Crippen LogP contribution in [0.25, 0.3) is 0 Å². The molecule has 0 fully saturated rings. The lowest BCUT2D eigenvalue weighted by Gasteiger charge is -2.12. The summed E-state index contributed by atoms with van der Waals surface area (Å²) in [5, 5.41) is 6.65. The van der Waals surface area contributed by atoms with Crippen LogP contribution in [-0.4, -0.2) is 26.7 Å². The van der Waals surface area contributed by atoms with E-state index < -0.39 is 0 Å². The molecule has 0 unspecified atom stereocenters. The normalized spacial score (nSPS) is 11.2. The van der Waals surface area contributed by atoms with Gasteiger partial charge < -0.3 is 15.4 Å². The summed E-state index contributed by atoms with van der Waals surface area (Å²) in [6.07, 6.45) is 5.04. The third kappa shape index (κ3) is 6.45. The van der Waals surface area contributed by atoms with Gasteiger partial charge in [0, 0.05) is 20.1 Å². The van der Waals surface area contributed by atoms with Crippen LogP contribution in [0.3, 0.4) is 0 Å². The molecule has 112 valence electrons. The summed E-state index contributed by atoms with van der Waals surface area (Å²) in [6, 6.07) is 8.05. The van der Waals surface area contributed by atoms with Gasteiger partial charge in [0.25, 0.3) is 0 Å². The zero-order valence-corrected chi connectivity index (χ0v) is 12.9. The van der Waals surface area contributed by atoms with E-state index in [0.29, 0.717) is 0 Å². The van der Waals surface area contributed by atoms with Crippen molar-refractivity contribution in [1.82, 2.24) is 10.6 Å². The number of methoxy groups -OCH3 is 1. The molecular weight excluding hydrogens is 250 g/mol. The van der Waals surface area contributed by atoms with E-state index in [1.807, 2.05) is 12.1 Å². The van der Waals surface area contributed by atoms with Crippen LogP contribution in [0.15, 0.2) is 29.3 Å². The molecule has 4 nitrogen and oxygen atoms in total. The molecule has 0 aliphatic rings. The number of aliphatic imine (C=N–C) groups is 1. The summed E-state index contributed by atoms with van der Waals surface area (Å²) >= 11 is 0. The number of benzene rings is 1. The molecule has 0 bridgehead atoms. The fourth-order valence-electron chi connectivity index (χ4n) is 1.91. The Kier molecular flexibility index (Phi) is 8.27. The first-order valence-corrected chi connectivity index (χ1v) is 7.37. The molecule has 0 saturated carbocycles. The second kappa shape index (κ2) is 10.1. The lowest BCUT2D eigenvalue weighted by molar-refractivity contribution is 0.414. The highest BCUT2D eigenvalue weighted by Gasteiger charge is 1.98. The van der Waals surface area contributed by atoms with Crippen LogP contribution in [0, 0.1) is 0 Å². The van der Waals surface area contributed by atoms with Crippen molar-refractivity contribution in [2.45, 2.75) is 39.2 Å². The van der Waals surface area contributed by atoms with Gasteiger partial charge in [-0.15, -0.1) is 0 Å². The number of guanidine groups is 1. The maximum absolute atomic E-state index is 5.14. The highest BCUT2D eigenvalue weighted by Crippen LogP contribution is 2.10. The predicted octanol–water partition coefficient (Wildman–Crippen LogP) is 2.94. The van der Waals surface area contributed by atoms with Crippen LogP contribution in [0.4, 0.5) is 0 Å². The SMILES string of the molecule is CCCCCCNC(=NC)NCc1ccc(OC)cc1. The van der Waals surface area contributed by atoms with E-state index >= 15 is 0 Å². The van der Waals surface area contributed by atoms with E-state index in [0.717, 1.165) is 24.8 Å². The molecule has 0 aliphatic heterocycles. The summed E-state index contributed by atoms with van der Waals surface area (Å²) in [6.45, 7) is 3.96. The first-order valence-electron chi connectivity index (χ1n) is 7.37. The van der Waals surface area contributed by atoms with Crippen LogP contribution in [0.2, 0.25) is 0 Å². The third-order valence-corrected chi connectivity index (χ3v) is 3.17. The van der Waals surface area contributed by atoms with Gasteiger partial charge in [0.1, 0.15) is 5.75 Å². The Labute approximate surface area is 122 Å². The monoisotopic (exact) mass is 277 g/mol. The summed E-state index contributed by atoms with van der Waals surface area (Å²) in [4.78, 5) is 4.22. The van der Waals surface area contributed by atoms with Gasteiger partial charge in [-0.1, -0.05) is 38.3 Å². The lowest BCUT2D eigenvalue weighted by Crippen LogP contribution is -2.37. The maximum atomic E-state index is 5.14. The largest absolute Gasteiger partial charge is 0.497 e. The van der Waals surface area contributed by atoms with Crippen LogP contribution in [0.1, 0.15) is 38.2 Å². The molecule has 1 rings (SSSR count). The number of hydrogen-bond donors (Lipinski definition) is 2. The van der Waals surface area contributed by atoms with E-state index in [9.17, 15) is 0 Å².